The van der Waals surface area contributed by atoms with Gasteiger partial charge in [0.15, 0.2) is 6.29 Å². The molecule has 21 heavy (non-hydrogen) atoms. The molecule has 0 N–H and O–H groups in total. The first-order valence-corrected chi connectivity index (χ1v) is 7.50. The zero-order valence-electron chi connectivity index (χ0n) is 12.3. The van der Waals surface area contributed by atoms with E-state index in [9.17, 15) is 0 Å². The van der Waals surface area contributed by atoms with Gasteiger partial charge in [0, 0.05) is 19.6 Å². The minimum absolute atomic E-state index is 0.149. The molecule has 2 unspecified atom stereocenters. The van der Waals surface area contributed by atoms with E-state index in [1.807, 2.05) is 24.1 Å². The molecule has 0 aliphatic carbocycles. The molecule has 0 saturated carbocycles. The average Bonchev–Trinajstić information content (AvgIpc) is 2.92. The Labute approximate surface area is 126 Å². The van der Waals surface area contributed by atoms with Crippen LogP contribution in [0.3, 0.4) is 0 Å². The third-order valence-electron chi connectivity index (χ3n) is 3.73. The van der Waals surface area contributed by atoms with Crippen LogP contribution in [0.1, 0.15) is 30.5 Å². The third-order valence-corrected chi connectivity index (χ3v) is 3.73. The molecule has 110 valence electrons. The van der Waals surface area contributed by atoms with Crippen LogP contribution >= 0.6 is 0 Å². The smallest absolute Gasteiger partial charge is 0.179 e. The van der Waals surface area contributed by atoms with Crippen molar-refractivity contribution in [2.75, 3.05) is 6.61 Å². The number of hydrogen-bond donors (Lipinski definition) is 0. The van der Waals surface area contributed by atoms with Crippen LogP contribution in [0, 0.1) is 0 Å². The summed E-state index contributed by atoms with van der Waals surface area (Å²) in [5.74, 6) is 0. The molecular formula is C18H21NO2. The van der Waals surface area contributed by atoms with E-state index in [0.717, 1.165) is 13.0 Å². The highest BCUT2D eigenvalue weighted by Gasteiger charge is 2.34. The van der Waals surface area contributed by atoms with Crippen molar-refractivity contribution >= 4 is 0 Å². The summed E-state index contributed by atoms with van der Waals surface area (Å²) in [6.07, 6.45) is 0.717. The Balaban J connectivity index is 1.78. The third kappa shape index (κ3) is 3.50. The summed E-state index contributed by atoms with van der Waals surface area (Å²) in [5, 5.41) is 2.05. The summed E-state index contributed by atoms with van der Waals surface area (Å²) >= 11 is 0. The summed E-state index contributed by atoms with van der Waals surface area (Å²) < 4.78 is 5.66. The fraction of sp³-hybridized carbons (Fsp3) is 0.333. The normalized spacial score (nSPS) is 22.5. The summed E-state index contributed by atoms with van der Waals surface area (Å²) in [4.78, 5) is 5.98. The van der Waals surface area contributed by atoms with Crippen molar-refractivity contribution in [2.24, 2.45) is 0 Å². The fourth-order valence-corrected chi connectivity index (χ4v) is 2.74. The molecule has 1 fully saturated rings. The standard InChI is InChI=1S/C18H21NO2/c1-2-20-18-13-17(16-11-7-4-8-12-16)19(21-18)14-15-9-5-3-6-10-15/h3-12,17-18H,2,13-14H2,1H3. The summed E-state index contributed by atoms with van der Waals surface area (Å²) in [5.41, 5.74) is 2.52. The van der Waals surface area contributed by atoms with E-state index in [-0.39, 0.29) is 12.3 Å². The molecular weight excluding hydrogens is 262 g/mol. The molecule has 2 aromatic rings. The molecule has 1 aliphatic rings. The predicted molar refractivity (Wildman–Crippen MR) is 82.3 cm³/mol. The van der Waals surface area contributed by atoms with Gasteiger partial charge in [-0.2, -0.15) is 5.06 Å². The van der Waals surface area contributed by atoms with Crippen LogP contribution < -0.4 is 0 Å². The van der Waals surface area contributed by atoms with Crippen LogP contribution in [0.15, 0.2) is 60.7 Å². The number of benzene rings is 2. The Morgan fingerprint density at radius 1 is 1.05 bits per heavy atom. The fourth-order valence-electron chi connectivity index (χ4n) is 2.74. The number of hydroxylamine groups is 2. The van der Waals surface area contributed by atoms with Gasteiger partial charge in [0.1, 0.15) is 0 Å². The number of nitrogens with zero attached hydrogens (tertiary/aromatic N) is 1. The molecule has 0 amide bonds. The Hall–Kier alpha value is -1.68. The second kappa shape index (κ2) is 6.85. The van der Waals surface area contributed by atoms with Gasteiger partial charge >= 0.3 is 0 Å². The van der Waals surface area contributed by atoms with Gasteiger partial charge in [0.25, 0.3) is 0 Å². The molecule has 0 aromatic heterocycles. The van der Waals surface area contributed by atoms with Crippen LogP contribution in [0.4, 0.5) is 0 Å². The molecule has 1 aliphatic heterocycles. The van der Waals surface area contributed by atoms with Crippen LogP contribution in [0.25, 0.3) is 0 Å². The van der Waals surface area contributed by atoms with E-state index >= 15 is 0 Å². The van der Waals surface area contributed by atoms with Gasteiger partial charge < -0.3 is 4.74 Å². The predicted octanol–water partition coefficient (Wildman–Crippen LogP) is 3.93. The summed E-state index contributed by atoms with van der Waals surface area (Å²) in [7, 11) is 0. The minimum Gasteiger partial charge on any atom is -0.351 e. The molecule has 3 rings (SSSR count). The lowest BCUT2D eigenvalue weighted by Crippen LogP contribution is -2.22. The molecule has 1 saturated heterocycles. The number of rotatable bonds is 5. The molecule has 2 aromatic carbocycles. The zero-order valence-corrected chi connectivity index (χ0v) is 12.3. The summed E-state index contributed by atoms with van der Waals surface area (Å²) in [6, 6.07) is 21.1. The Morgan fingerprint density at radius 3 is 2.38 bits per heavy atom. The van der Waals surface area contributed by atoms with Crippen molar-refractivity contribution in [1.82, 2.24) is 5.06 Å². The van der Waals surface area contributed by atoms with Gasteiger partial charge in [0.05, 0.1) is 6.04 Å². The quantitative estimate of drug-likeness (QED) is 0.830. The van der Waals surface area contributed by atoms with Crippen molar-refractivity contribution in [3.63, 3.8) is 0 Å². The van der Waals surface area contributed by atoms with Gasteiger partial charge in [-0.15, -0.1) is 0 Å². The largest absolute Gasteiger partial charge is 0.351 e. The number of hydrogen-bond acceptors (Lipinski definition) is 3. The van der Waals surface area contributed by atoms with Crippen molar-refractivity contribution < 1.29 is 9.57 Å². The van der Waals surface area contributed by atoms with Crippen LogP contribution in [-0.4, -0.2) is 18.0 Å². The maximum atomic E-state index is 5.98. The van der Waals surface area contributed by atoms with E-state index in [2.05, 4.69) is 48.5 Å². The molecule has 3 nitrogen and oxygen atoms in total. The molecule has 0 radical (unpaired) electrons. The van der Waals surface area contributed by atoms with Gasteiger partial charge in [0.2, 0.25) is 0 Å². The first-order chi connectivity index (χ1) is 10.4. The highest BCUT2D eigenvalue weighted by atomic mass is 16.8. The van der Waals surface area contributed by atoms with Crippen LogP contribution in [0.2, 0.25) is 0 Å². The van der Waals surface area contributed by atoms with E-state index in [4.69, 9.17) is 9.57 Å². The lowest BCUT2D eigenvalue weighted by Gasteiger charge is -2.22. The van der Waals surface area contributed by atoms with E-state index in [1.54, 1.807) is 0 Å². The van der Waals surface area contributed by atoms with Gasteiger partial charge in [-0.05, 0) is 18.1 Å². The molecule has 1 heterocycles. The van der Waals surface area contributed by atoms with Gasteiger partial charge in [-0.1, -0.05) is 60.7 Å². The Kier molecular flexibility index (Phi) is 4.65. The molecule has 0 spiro atoms. The van der Waals surface area contributed by atoms with Crippen molar-refractivity contribution in [3.8, 4) is 0 Å². The van der Waals surface area contributed by atoms with E-state index in [1.165, 1.54) is 11.1 Å². The van der Waals surface area contributed by atoms with Crippen LogP contribution in [-0.2, 0) is 16.1 Å². The molecule has 0 bridgehead atoms. The van der Waals surface area contributed by atoms with Crippen LogP contribution in [0.5, 0.6) is 0 Å². The number of ether oxygens (including phenoxy) is 1. The van der Waals surface area contributed by atoms with Crippen molar-refractivity contribution in [3.05, 3.63) is 71.8 Å². The van der Waals surface area contributed by atoms with Gasteiger partial charge in [-0.25, -0.2) is 0 Å². The molecule has 2 atom stereocenters. The lowest BCUT2D eigenvalue weighted by atomic mass is 10.0. The minimum atomic E-state index is -0.149. The highest BCUT2D eigenvalue weighted by Crippen LogP contribution is 2.35. The SMILES string of the molecule is CCOC1CC(c2ccccc2)N(Cc2ccccc2)O1. The monoisotopic (exact) mass is 283 g/mol. The zero-order chi connectivity index (χ0) is 14.5. The van der Waals surface area contributed by atoms with E-state index < -0.39 is 0 Å². The first kappa shape index (κ1) is 14.3. The van der Waals surface area contributed by atoms with Crippen molar-refractivity contribution in [1.29, 1.82) is 0 Å². The maximum Gasteiger partial charge on any atom is 0.179 e. The first-order valence-electron chi connectivity index (χ1n) is 7.50. The average molecular weight is 283 g/mol. The maximum absolute atomic E-state index is 5.98. The highest BCUT2D eigenvalue weighted by molar-refractivity contribution is 5.20. The second-order valence-electron chi connectivity index (χ2n) is 5.21. The van der Waals surface area contributed by atoms with E-state index in [0.29, 0.717) is 6.61 Å². The Bertz CT molecular complexity index is 544. The second-order valence-corrected chi connectivity index (χ2v) is 5.21. The summed E-state index contributed by atoms with van der Waals surface area (Å²) in [6.45, 7) is 3.44. The molecule has 3 heteroatoms. The van der Waals surface area contributed by atoms with Gasteiger partial charge in [-0.3, -0.25) is 4.84 Å². The Morgan fingerprint density at radius 2 is 1.71 bits per heavy atom. The van der Waals surface area contributed by atoms with Crippen molar-refractivity contribution in [2.45, 2.75) is 32.2 Å². The topological polar surface area (TPSA) is 21.7 Å². The lowest BCUT2D eigenvalue weighted by molar-refractivity contribution is -0.243.